The van der Waals surface area contributed by atoms with E-state index in [2.05, 4.69) is 26.8 Å². The largest absolute Gasteiger partial charge is 0.354 e. The van der Waals surface area contributed by atoms with Crippen molar-refractivity contribution in [2.75, 3.05) is 20.1 Å². The standard InChI is InChI=1S/C21H23ClN6O3/c1-5-19(30)27-6-7-28(13(3)29)20(12(27)2)14-8-16(26-18(22)9-14)15-10-17(21(31)23-4)25-11-24-15/h5,8-12,20H,1,6-7H2,2-4H3,(H,23,31). The lowest BCUT2D eigenvalue weighted by Gasteiger charge is -2.46. The predicted molar refractivity (Wildman–Crippen MR) is 115 cm³/mol. The van der Waals surface area contributed by atoms with Gasteiger partial charge in [0.2, 0.25) is 11.8 Å². The number of amides is 3. The van der Waals surface area contributed by atoms with Gasteiger partial charge in [-0.15, -0.1) is 0 Å². The van der Waals surface area contributed by atoms with E-state index in [9.17, 15) is 14.4 Å². The summed E-state index contributed by atoms with van der Waals surface area (Å²) in [4.78, 5) is 52.5. The molecular weight excluding hydrogens is 420 g/mol. The lowest BCUT2D eigenvalue weighted by atomic mass is 9.94. The zero-order chi connectivity index (χ0) is 22.7. The molecule has 1 N–H and O–H groups in total. The van der Waals surface area contributed by atoms with Crippen molar-refractivity contribution in [3.05, 3.63) is 53.6 Å². The maximum Gasteiger partial charge on any atom is 0.269 e. The van der Waals surface area contributed by atoms with E-state index in [0.717, 1.165) is 0 Å². The molecule has 0 bridgehead atoms. The molecule has 1 aliphatic heterocycles. The number of nitrogens with zero attached hydrogens (tertiary/aromatic N) is 5. The minimum atomic E-state index is -0.436. The highest BCUT2D eigenvalue weighted by Crippen LogP contribution is 2.34. The summed E-state index contributed by atoms with van der Waals surface area (Å²) in [6.45, 7) is 7.74. The molecule has 0 radical (unpaired) electrons. The number of carbonyl (C=O) groups excluding carboxylic acids is 3. The average molecular weight is 443 g/mol. The second-order valence-electron chi connectivity index (χ2n) is 7.11. The van der Waals surface area contributed by atoms with E-state index >= 15 is 0 Å². The Hall–Kier alpha value is -3.33. The molecule has 0 spiro atoms. The minimum Gasteiger partial charge on any atom is -0.354 e. The van der Waals surface area contributed by atoms with Crippen LogP contribution in [-0.2, 0) is 9.59 Å². The third-order valence-corrected chi connectivity index (χ3v) is 5.47. The molecule has 3 amide bonds. The molecule has 3 rings (SSSR count). The van der Waals surface area contributed by atoms with Crippen LogP contribution in [0, 0.1) is 0 Å². The van der Waals surface area contributed by atoms with Crippen LogP contribution in [0.25, 0.3) is 11.4 Å². The fourth-order valence-corrected chi connectivity index (χ4v) is 4.01. The highest BCUT2D eigenvalue weighted by Gasteiger charge is 2.38. The smallest absolute Gasteiger partial charge is 0.269 e. The average Bonchev–Trinajstić information content (AvgIpc) is 2.77. The van der Waals surface area contributed by atoms with E-state index in [1.54, 1.807) is 21.9 Å². The van der Waals surface area contributed by atoms with Gasteiger partial charge in [0, 0.05) is 27.1 Å². The number of hydrogen-bond donors (Lipinski definition) is 1. The van der Waals surface area contributed by atoms with Crippen LogP contribution in [0.15, 0.2) is 37.2 Å². The van der Waals surface area contributed by atoms with E-state index in [0.29, 0.717) is 30.0 Å². The molecule has 2 atom stereocenters. The summed E-state index contributed by atoms with van der Waals surface area (Å²) in [5.74, 6) is -0.666. The third-order valence-electron chi connectivity index (χ3n) is 5.28. The van der Waals surface area contributed by atoms with Crippen molar-refractivity contribution >= 4 is 29.3 Å². The van der Waals surface area contributed by atoms with Crippen LogP contribution < -0.4 is 5.32 Å². The Morgan fingerprint density at radius 1 is 1.16 bits per heavy atom. The molecule has 2 aromatic heterocycles. The maximum absolute atomic E-state index is 12.4. The van der Waals surface area contributed by atoms with E-state index in [4.69, 9.17) is 11.6 Å². The minimum absolute atomic E-state index is 0.110. The van der Waals surface area contributed by atoms with E-state index in [1.807, 2.05) is 6.92 Å². The molecule has 162 valence electrons. The van der Waals surface area contributed by atoms with Crippen LogP contribution in [0.2, 0.25) is 5.15 Å². The summed E-state index contributed by atoms with van der Waals surface area (Å²) >= 11 is 6.32. The maximum atomic E-state index is 12.4. The number of halogens is 1. The van der Waals surface area contributed by atoms with E-state index in [1.165, 1.54) is 32.4 Å². The SMILES string of the molecule is C=CC(=O)N1CCN(C(C)=O)C(c2cc(Cl)nc(-c3cc(C(=O)NC)ncn3)c2)C1C. The van der Waals surface area contributed by atoms with Gasteiger partial charge >= 0.3 is 0 Å². The molecule has 1 saturated heterocycles. The first-order valence-corrected chi connectivity index (χ1v) is 10.1. The molecule has 3 heterocycles. The number of piperazine rings is 1. The van der Waals surface area contributed by atoms with Crippen molar-refractivity contribution in [3.63, 3.8) is 0 Å². The fraction of sp³-hybridized carbons (Fsp3) is 0.333. The number of aromatic nitrogens is 3. The van der Waals surface area contributed by atoms with Crippen LogP contribution in [0.4, 0.5) is 0 Å². The highest BCUT2D eigenvalue weighted by molar-refractivity contribution is 6.29. The van der Waals surface area contributed by atoms with Crippen molar-refractivity contribution in [2.45, 2.75) is 25.9 Å². The molecule has 2 unspecified atom stereocenters. The van der Waals surface area contributed by atoms with Gasteiger partial charge < -0.3 is 15.1 Å². The molecule has 2 aromatic rings. The first kappa shape index (κ1) is 22.4. The van der Waals surface area contributed by atoms with Gasteiger partial charge in [0.15, 0.2) is 0 Å². The molecule has 1 aliphatic rings. The Morgan fingerprint density at radius 3 is 2.52 bits per heavy atom. The molecule has 0 saturated carbocycles. The van der Waals surface area contributed by atoms with Crippen molar-refractivity contribution in [3.8, 4) is 11.4 Å². The van der Waals surface area contributed by atoms with Gasteiger partial charge in [-0.2, -0.15) is 0 Å². The predicted octanol–water partition coefficient (Wildman–Crippen LogP) is 1.86. The zero-order valence-corrected chi connectivity index (χ0v) is 18.3. The van der Waals surface area contributed by atoms with Gasteiger partial charge in [-0.25, -0.2) is 15.0 Å². The number of nitrogens with one attached hydrogen (secondary N) is 1. The lowest BCUT2D eigenvalue weighted by molar-refractivity contribution is -0.143. The highest BCUT2D eigenvalue weighted by atomic mass is 35.5. The van der Waals surface area contributed by atoms with Crippen molar-refractivity contribution < 1.29 is 14.4 Å². The van der Waals surface area contributed by atoms with E-state index < -0.39 is 6.04 Å². The summed E-state index contributed by atoms with van der Waals surface area (Å²) in [6.07, 6.45) is 2.54. The van der Waals surface area contributed by atoms with Crippen LogP contribution in [0.3, 0.4) is 0 Å². The van der Waals surface area contributed by atoms with Crippen LogP contribution in [0.5, 0.6) is 0 Å². The van der Waals surface area contributed by atoms with Crippen molar-refractivity contribution in [1.82, 2.24) is 30.1 Å². The Labute approximate surface area is 185 Å². The van der Waals surface area contributed by atoms with Gasteiger partial charge in [0.25, 0.3) is 5.91 Å². The Kier molecular flexibility index (Phi) is 6.65. The molecule has 10 heteroatoms. The van der Waals surface area contributed by atoms with Crippen LogP contribution in [-0.4, -0.2) is 68.7 Å². The first-order valence-electron chi connectivity index (χ1n) is 9.69. The quantitative estimate of drug-likeness (QED) is 0.572. The number of hydrogen-bond acceptors (Lipinski definition) is 6. The van der Waals surface area contributed by atoms with Crippen molar-refractivity contribution in [1.29, 1.82) is 0 Å². The topological polar surface area (TPSA) is 108 Å². The van der Waals surface area contributed by atoms with Gasteiger partial charge in [-0.05, 0) is 36.8 Å². The number of carbonyl (C=O) groups is 3. The first-order chi connectivity index (χ1) is 14.8. The van der Waals surface area contributed by atoms with Gasteiger partial charge in [-0.1, -0.05) is 18.2 Å². The second kappa shape index (κ2) is 9.22. The molecular formula is C21H23ClN6O3. The summed E-state index contributed by atoms with van der Waals surface area (Å²) < 4.78 is 0. The molecule has 1 fully saturated rings. The van der Waals surface area contributed by atoms with Gasteiger partial charge in [0.05, 0.1) is 23.5 Å². The molecule has 9 nitrogen and oxygen atoms in total. The number of pyridine rings is 1. The number of rotatable bonds is 4. The van der Waals surface area contributed by atoms with Crippen LogP contribution in [0.1, 0.15) is 35.9 Å². The molecule has 0 aromatic carbocycles. The Bertz CT molecular complexity index is 1040. The summed E-state index contributed by atoms with van der Waals surface area (Å²) in [5.41, 5.74) is 1.74. The van der Waals surface area contributed by atoms with Crippen LogP contribution >= 0.6 is 11.6 Å². The fourth-order valence-electron chi connectivity index (χ4n) is 3.80. The van der Waals surface area contributed by atoms with Crippen molar-refractivity contribution in [2.24, 2.45) is 0 Å². The zero-order valence-electron chi connectivity index (χ0n) is 17.5. The van der Waals surface area contributed by atoms with Gasteiger partial charge in [-0.3, -0.25) is 14.4 Å². The Balaban J connectivity index is 2.08. The molecule has 31 heavy (non-hydrogen) atoms. The third kappa shape index (κ3) is 4.56. The summed E-state index contributed by atoms with van der Waals surface area (Å²) in [6, 6.07) is 4.20. The second-order valence-corrected chi connectivity index (χ2v) is 7.50. The monoisotopic (exact) mass is 442 g/mol. The van der Waals surface area contributed by atoms with Gasteiger partial charge in [0.1, 0.15) is 17.2 Å². The summed E-state index contributed by atoms with van der Waals surface area (Å²) in [7, 11) is 1.51. The Morgan fingerprint density at radius 2 is 1.87 bits per heavy atom. The normalized spacial score (nSPS) is 18.5. The van der Waals surface area contributed by atoms with E-state index in [-0.39, 0.29) is 34.6 Å². The summed E-state index contributed by atoms with van der Waals surface area (Å²) in [5, 5.41) is 2.72. The lowest BCUT2D eigenvalue weighted by Crippen LogP contribution is -2.56. The molecule has 0 aliphatic carbocycles.